The molecule has 4 rings (SSSR count). The molecule has 22 heavy (non-hydrogen) atoms. The number of para-hydroxylation sites is 1. The predicted octanol–water partition coefficient (Wildman–Crippen LogP) is 3.29. The number of piperazine rings is 1. The molecule has 0 atom stereocenters. The second-order valence-corrected chi connectivity index (χ2v) is 5.42. The summed E-state index contributed by atoms with van der Waals surface area (Å²) in [5.74, 6) is -0.291. The molecule has 0 aliphatic carbocycles. The van der Waals surface area contributed by atoms with Gasteiger partial charge in [0.05, 0.1) is 0 Å². The third kappa shape index (κ3) is 2.39. The summed E-state index contributed by atoms with van der Waals surface area (Å²) in [4.78, 5) is 8.85. The molecule has 0 amide bonds. The molecule has 1 saturated heterocycles. The fourth-order valence-corrected chi connectivity index (χ4v) is 2.82. The van der Waals surface area contributed by atoms with E-state index in [1.54, 1.807) is 6.07 Å². The Balaban J connectivity index is 1.50. The molecule has 112 valence electrons. The lowest BCUT2D eigenvalue weighted by atomic mass is 10.2. The van der Waals surface area contributed by atoms with E-state index >= 15 is 0 Å². The van der Waals surface area contributed by atoms with Crippen molar-refractivity contribution in [3.63, 3.8) is 0 Å². The van der Waals surface area contributed by atoms with E-state index in [-0.39, 0.29) is 5.82 Å². The van der Waals surface area contributed by atoms with Gasteiger partial charge >= 0.3 is 0 Å². The minimum absolute atomic E-state index is 0.291. The average molecular weight is 297 g/mol. The minimum atomic E-state index is -0.291. The number of hydrogen-bond donors (Lipinski definition) is 0. The highest BCUT2D eigenvalue weighted by Gasteiger charge is 2.21. The number of anilines is 2. The largest absolute Gasteiger partial charge is 0.423 e. The molecule has 2 heterocycles. The smallest absolute Gasteiger partial charge is 0.298 e. The van der Waals surface area contributed by atoms with Crippen LogP contribution in [0.1, 0.15) is 0 Å². The molecular formula is C17H16FN3O. The standard InChI is InChI=1S/C17H16FN3O/c18-13-6-7-16-15(12-13)19-17(22-16)21-10-8-20(9-11-21)14-4-2-1-3-5-14/h1-7,12H,8-11H2. The van der Waals surface area contributed by atoms with Gasteiger partial charge in [-0.05, 0) is 24.3 Å². The maximum absolute atomic E-state index is 13.2. The Morgan fingerprint density at radius 1 is 0.909 bits per heavy atom. The van der Waals surface area contributed by atoms with Crippen molar-refractivity contribution in [1.82, 2.24) is 4.98 Å². The summed E-state index contributed by atoms with van der Waals surface area (Å²) in [6.45, 7) is 3.50. The number of hydrogen-bond acceptors (Lipinski definition) is 4. The molecule has 0 saturated carbocycles. The lowest BCUT2D eigenvalue weighted by molar-refractivity contribution is 0.541. The van der Waals surface area contributed by atoms with Crippen molar-refractivity contribution in [3.8, 4) is 0 Å². The third-order valence-electron chi connectivity index (χ3n) is 4.01. The van der Waals surface area contributed by atoms with Crippen LogP contribution >= 0.6 is 0 Å². The molecule has 4 nitrogen and oxygen atoms in total. The molecule has 0 radical (unpaired) electrons. The van der Waals surface area contributed by atoms with E-state index in [1.807, 2.05) is 6.07 Å². The number of rotatable bonds is 2. The maximum atomic E-state index is 13.2. The molecule has 1 aliphatic heterocycles. The van der Waals surface area contributed by atoms with Gasteiger partial charge in [-0.15, -0.1) is 0 Å². The summed E-state index contributed by atoms with van der Waals surface area (Å²) in [7, 11) is 0. The van der Waals surface area contributed by atoms with Crippen LogP contribution in [0.2, 0.25) is 0 Å². The van der Waals surface area contributed by atoms with Gasteiger partial charge in [0.2, 0.25) is 0 Å². The Morgan fingerprint density at radius 2 is 1.64 bits per heavy atom. The first kappa shape index (κ1) is 13.1. The lowest BCUT2D eigenvalue weighted by Crippen LogP contribution is -2.46. The van der Waals surface area contributed by atoms with Gasteiger partial charge < -0.3 is 14.2 Å². The molecule has 2 aromatic carbocycles. The number of fused-ring (bicyclic) bond motifs is 1. The highest BCUT2D eigenvalue weighted by atomic mass is 19.1. The predicted molar refractivity (Wildman–Crippen MR) is 84.8 cm³/mol. The lowest BCUT2D eigenvalue weighted by Gasteiger charge is -2.35. The Kier molecular flexibility index (Phi) is 3.18. The summed E-state index contributed by atoms with van der Waals surface area (Å²) in [6, 6.07) is 15.4. The van der Waals surface area contributed by atoms with Crippen molar-refractivity contribution in [3.05, 3.63) is 54.3 Å². The van der Waals surface area contributed by atoms with Gasteiger partial charge in [-0.25, -0.2) is 4.39 Å². The van der Waals surface area contributed by atoms with Crippen molar-refractivity contribution < 1.29 is 8.81 Å². The monoisotopic (exact) mass is 297 g/mol. The molecule has 0 spiro atoms. The summed E-state index contributed by atoms with van der Waals surface area (Å²) in [6.07, 6.45) is 0. The van der Waals surface area contributed by atoms with E-state index in [2.05, 4.69) is 39.0 Å². The molecule has 5 heteroatoms. The first-order valence-corrected chi connectivity index (χ1v) is 7.41. The summed E-state index contributed by atoms with van der Waals surface area (Å²) >= 11 is 0. The fraction of sp³-hybridized carbons (Fsp3) is 0.235. The molecule has 1 fully saturated rings. The van der Waals surface area contributed by atoms with Crippen molar-refractivity contribution in [2.24, 2.45) is 0 Å². The fourth-order valence-electron chi connectivity index (χ4n) is 2.82. The molecule has 0 bridgehead atoms. The highest BCUT2D eigenvalue weighted by Crippen LogP contribution is 2.24. The number of aromatic nitrogens is 1. The van der Waals surface area contributed by atoms with Gasteiger partial charge in [0, 0.05) is 37.9 Å². The quantitative estimate of drug-likeness (QED) is 0.726. The molecular weight excluding hydrogens is 281 g/mol. The van der Waals surface area contributed by atoms with Crippen LogP contribution in [0, 0.1) is 5.82 Å². The van der Waals surface area contributed by atoms with Crippen LogP contribution in [0.5, 0.6) is 0 Å². The Morgan fingerprint density at radius 3 is 2.41 bits per heavy atom. The zero-order chi connectivity index (χ0) is 14.9. The minimum Gasteiger partial charge on any atom is -0.423 e. The van der Waals surface area contributed by atoms with Gasteiger partial charge in [-0.2, -0.15) is 4.98 Å². The van der Waals surface area contributed by atoms with E-state index < -0.39 is 0 Å². The van der Waals surface area contributed by atoms with Crippen molar-refractivity contribution >= 4 is 22.8 Å². The SMILES string of the molecule is Fc1ccc2oc(N3CCN(c4ccccc4)CC3)nc2c1. The zero-order valence-electron chi connectivity index (χ0n) is 12.1. The van der Waals surface area contributed by atoms with Crippen LogP contribution in [-0.4, -0.2) is 31.2 Å². The van der Waals surface area contributed by atoms with Gasteiger partial charge in [-0.1, -0.05) is 18.2 Å². The van der Waals surface area contributed by atoms with Crippen molar-refractivity contribution in [2.75, 3.05) is 36.0 Å². The highest BCUT2D eigenvalue weighted by molar-refractivity contribution is 5.74. The van der Waals surface area contributed by atoms with Gasteiger partial charge in [-0.3, -0.25) is 0 Å². The van der Waals surface area contributed by atoms with Crippen LogP contribution < -0.4 is 9.80 Å². The molecule has 1 aliphatic rings. The number of halogens is 1. The van der Waals surface area contributed by atoms with Gasteiger partial charge in [0.25, 0.3) is 6.01 Å². The van der Waals surface area contributed by atoms with Crippen LogP contribution in [0.25, 0.3) is 11.1 Å². The number of nitrogens with zero attached hydrogens (tertiary/aromatic N) is 3. The van der Waals surface area contributed by atoms with E-state index in [9.17, 15) is 4.39 Å². The van der Waals surface area contributed by atoms with E-state index in [0.29, 0.717) is 17.1 Å². The van der Waals surface area contributed by atoms with E-state index in [0.717, 1.165) is 26.2 Å². The normalized spacial score (nSPS) is 15.5. The molecule has 1 aromatic heterocycles. The topological polar surface area (TPSA) is 32.5 Å². The van der Waals surface area contributed by atoms with E-state index in [4.69, 9.17) is 4.42 Å². The molecule has 3 aromatic rings. The van der Waals surface area contributed by atoms with Crippen LogP contribution in [0.15, 0.2) is 52.9 Å². The first-order chi connectivity index (χ1) is 10.8. The molecule has 0 unspecified atom stereocenters. The molecule has 0 N–H and O–H groups in total. The maximum Gasteiger partial charge on any atom is 0.298 e. The Bertz CT molecular complexity index is 779. The summed E-state index contributed by atoms with van der Waals surface area (Å²) in [5, 5.41) is 0. The Labute approximate surface area is 127 Å². The number of benzene rings is 2. The van der Waals surface area contributed by atoms with Gasteiger partial charge in [0.15, 0.2) is 5.58 Å². The first-order valence-electron chi connectivity index (χ1n) is 7.41. The van der Waals surface area contributed by atoms with E-state index in [1.165, 1.54) is 17.8 Å². The average Bonchev–Trinajstić information content (AvgIpc) is 2.99. The van der Waals surface area contributed by atoms with Crippen molar-refractivity contribution in [1.29, 1.82) is 0 Å². The Hall–Kier alpha value is -2.56. The van der Waals surface area contributed by atoms with Crippen LogP contribution in [0.4, 0.5) is 16.1 Å². The number of oxazole rings is 1. The van der Waals surface area contributed by atoms with Crippen molar-refractivity contribution in [2.45, 2.75) is 0 Å². The summed E-state index contributed by atoms with van der Waals surface area (Å²) in [5.41, 5.74) is 2.43. The second-order valence-electron chi connectivity index (χ2n) is 5.42. The zero-order valence-corrected chi connectivity index (χ0v) is 12.1. The third-order valence-corrected chi connectivity index (χ3v) is 4.01. The summed E-state index contributed by atoms with van der Waals surface area (Å²) < 4.78 is 19.0. The second kappa shape index (κ2) is 5.33. The van der Waals surface area contributed by atoms with Gasteiger partial charge in [0.1, 0.15) is 11.3 Å². The van der Waals surface area contributed by atoms with Crippen LogP contribution in [-0.2, 0) is 0 Å². The van der Waals surface area contributed by atoms with Crippen LogP contribution in [0.3, 0.4) is 0 Å².